The van der Waals surface area contributed by atoms with Crippen LogP contribution in [0.5, 0.6) is 0 Å². The number of nitrogens with one attached hydrogen (secondary N) is 2. The molecule has 6 nitrogen and oxygen atoms in total. The number of thioether (sulfide) groups is 1. The molecular formula is C20H26N2O4S. The molecule has 0 radical (unpaired) electrons. The van der Waals surface area contributed by atoms with Gasteiger partial charge in [-0.2, -0.15) is 0 Å². The molecule has 0 spiro atoms. The van der Waals surface area contributed by atoms with Crippen LogP contribution in [0.2, 0.25) is 0 Å². The molecule has 0 heterocycles. The summed E-state index contributed by atoms with van der Waals surface area (Å²) < 4.78 is 4.98. The molecule has 27 heavy (non-hydrogen) atoms. The highest BCUT2D eigenvalue weighted by atomic mass is 32.2. The van der Waals surface area contributed by atoms with Crippen LogP contribution in [0.15, 0.2) is 46.9 Å². The predicted molar refractivity (Wildman–Crippen MR) is 105 cm³/mol. The molecule has 1 aliphatic rings. The van der Waals surface area contributed by atoms with E-state index in [9.17, 15) is 14.4 Å². The third-order valence-electron chi connectivity index (χ3n) is 4.10. The number of benzene rings is 1. The number of hydrogen-bond acceptors (Lipinski definition) is 5. The van der Waals surface area contributed by atoms with E-state index in [1.54, 1.807) is 6.92 Å². The second-order valence-corrected chi connectivity index (χ2v) is 7.76. The number of amides is 3. The molecule has 0 bridgehead atoms. The van der Waals surface area contributed by atoms with E-state index in [4.69, 9.17) is 4.74 Å². The van der Waals surface area contributed by atoms with E-state index in [-0.39, 0.29) is 0 Å². The third kappa shape index (κ3) is 8.30. The highest BCUT2D eigenvalue weighted by molar-refractivity contribution is 8.00. The highest BCUT2D eigenvalue weighted by Gasteiger charge is 2.18. The van der Waals surface area contributed by atoms with Crippen LogP contribution < -0.4 is 10.6 Å². The summed E-state index contributed by atoms with van der Waals surface area (Å²) in [5, 5.41) is 4.37. The highest BCUT2D eigenvalue weighted by Crippen LogP contribution is 2.23. The van der Waals surface area contributed by atoms with Gasteiger partial charge in [0.25, 0.3) is 5.91 Å². The molecule has 2 rings (SSSR count). The Labute approximate surface area is 164 Å². The van der Waals surface area contributed by atoms with Gasteiger partial charge in [0.15, 0.2) is 6.61 Å². The van der Waals surface area contributed by atoms with Gasteiger partial charge in [-0.15, -0.1) is 11.8 Å². The molecule has 0 unspecified atom stereocenters. The third-order valence-corrected chi connectivity index (χ3v) is 5.19. The fraction of sp³-hybridized carbons (Fsp3) is 0.450. The summed E-state index contributed by atoms with van der Waals surface area (Å²) in [5.74, 6) is -1.14. The van der Waals surface area contributed by atoms with Crippen molar-refractivity contribution in [2.75, 3.05) is 13.2 Å². The van der Waals surface area contributed by atoms with Crippen molar-refractivity contribution < 1.29 is 19.1 Å². The van der Waals surface area contributed by atoms with Crippen LogP contribution in [-0.4, -0.2) is 36.3 Å². The van der Waals surface area contributed by atoms with Crippen LogP contribution in [0.3, 0.4) is 0 Å². The number of urea groups is 1. The molecule has 0 saturated carbocycles. The van der Waals surface area contributed by atoms with E-state index in [0.717, 1.165) is 24.2 Å². The van der Waals surface area contributed by atoms with Gasteiger partial charge in [-0.3, -0.25) is 14.9 Å². The maximum absolute atomic E-state index is 12.0. The molecule has 7 heteroatoms. The number of allylic oxidation sites excluding steroid dienone is 1. The number of rotatable bonds is 8. The lowest BCUT2D eigenvalue weighted by molar-refractivity contribution is -0.147. The Hall–Kier alpha value is -2.28. The fourth-order valence-electron chi connectivity index (χ4n) is 2.68. The van der Waals surface area contributed by atoms with Crippen molar-refractivity contribution in [3.05, 3.63) is 42.0 Å². The molecule has 0 saturated heterocycles. The molecule has 3 amide bonds. The van der Waals surface area contributed by atoms with E-state index < -0.39 is 29.8 Å². The topological polar surface area (TPSA) is 84.5 Å². The first-order valence-corrected chi connectivity index (χ1v) is 10.1. The van der Waals surface area contributed by atoms with Crippen LogP contribution >= 0.6 is 11.8 Å². The minimum atomic E-state index is -0.644. The summed E-state index contributed by atoms with van der Waals surface area (Å²) in [6.07, 6.45) is 7.63. The van der Waals surface area contributed by atoms with Gasteiger partial charge < -0.3 is 10.1 Å². The fourth-order valence-corrected chi connectivity index (χ4v) is 3.57. The SMILES string of the molecule is C[C@H](Sc1ccccc1)C(=O)OCC(=O)NC(=O)NCCC1=CCCCC1. The van der Waals surface area contributed by atoms with Gasteiger partial charge in [0, 0.05) is 11.4 Å². The van der Waals surface area contributed by atoms with Crippen LogP contribution in [-0.2, 0) is 14.3 Å². The average Bonchev–Trinajstić information content (AvgIpc) is 2.67. The number of hydrogen-bond donors (Lipinski definition) is 2. The molecule has 2 N–H and O–H groups in total. The zero-order valence-electron chi connectivity index (χ0n) is 15.5. The lowest BCUT2D eigenvalue weighted by Crippen LogP contribution is -2.42. The quantitative estimate of drug-likeness (QED) is 0.404. The molecular weight excluding hydrogens is 364 g/mol. The Balaban J connectivity index is 1.60. The van der Waals surface area contributed by atoms with Crippen LogP contribution in [0.25, 0.3) is 0 Å². The summed E-state index contributed by atoms with van der Waals surface area (Å²) in [6, 6.07) is 8.89. The van der Waals surface area contributed by atoms with E-state index in [0.29, 0.717) is 6.54 Å². The van der Waals surface area contributed by atoms with Crippen molar-refractivity contribution in [3.8, 4) is 0 Å². The number of esters is 1. The Kier molecular flexibility index (Phi) is 8.91. The lowest BCUT2D eigenvalue weighted by Gasteiger charge is -2.13. The van der Waals surface area contributed by atoms with Crippen molar-refractivity contribution in [3.63, 3.8) is 0 Å². The number of ether oxygens (including phenoxy) is 1. The van der Waals surface area contributed by atoms with Gasteiger partial charge in [0.05, 0.1) is 0 Å². The standard InChI is InChI=1S/C20H26N2O4S/c1-15(27-17-10-6-3-7-11-17)19(24)26-14-18(23)22-20(25)21-13-12-16-8-4-2-5-9-16/h3,6-8,10-11,15H,2,4-5,9,12-14H2,1H3,(H2,21,22,23,25)/t15-/m0/s1. The molecule has 0 aliphatic heterocycles. The Morgan fingerprint density at radius 3 is 2.67 bits per heavy atom. The number of carbonyl (C=O) groups excluding carboxylic acids is 3. The Bertz CT molecular complexity index is 676. The monoisotopic (exact) mass is 390 g/mol. The maximum atomic E-state index is 12.0. The van der Waals surface area contributed by atoms with Crippen molar-refractivity contribution >= 4 is 29.7 Å². The van der Waals surface area contributed by atoms with Crippen molar-refractivity contribution in [1.29, 1.82) is 0 Å². The second kappa shape index (κ2) is 11.4. The minimum Gasteiger partial charge on any atom is -0.455 e. The van der Waals surface area contributed by atoms with Crippen molar-refractivity contribution in [2.45, 2.75) is 49.2 Å². The summed E-state index contributed by atoms with van der Waals surface area (Å²) in [6.45, 7) is 1.72. The summed E-state index contributed by atoms with van der Waals surface area (Å²) >= 11 is 1.35. The molecule has 146 valence electrons. The van der Waals surface area contributed by atoms with E-state index in [1.165, 1.54) is 30.2 Å². The summed E-state index contributed by atoms with van der Waals surface area (Å²) in [5.41, 5.74) is 1.35. The number of imide groups is 1. The molecule has 1 aromatic rings. The summed E-state index contributed by atoms with van der Waals surface area (Å²) in [4.78, 5) is 36.3. The molecule has 0 fully saturated rings. The van der Waals surface area contributed by atoms with E-state index in [1.807, 2.05) is 30.3 Å². The largest absolute Gasteiger partial charge is 0.455 e. The van der Waals surface area contributed by atoms with Crippen LogP contribution in [0, 0.1) is 0 Å². The normalized spacial score (nSPS) is 14.6. The van der Waals surface area contributed by atoms with E-state index >= 15 is 0 Å². The van der Waals surface area contributed by atoms with Gasteiger partial charge in [-0.25, -0.2) is 4.79 Å². The second-order valence-electron chi connectivity index (χ2n) is 6.34. The first-order valence-electron chi connectivity index (χ1n) is 9.18. The minimum absolute atomic E-state index is 0.446. The molecule has 1 aliphatic carbocycles. The first-order chi connectivity index (χ1) is 13.0. The van der Waals surface area contributed by atoms with Crippen molar-refractivity contribution in [1.82, 2.24) is 10.6 Å². The maximum Gasteiger partial charge on any atom is 0.321 e. The molecule has 1 aromatic carbocycles. The van der Waals surface area contributed by atoms with Gasteiger partial charge in [-0.05, 0) is 51.2 Å². The zero-order chi connectivity index (χ0) is 19.5. The number of carbonyl (C=O) groups is 3. The average molecular weight is 391 g/mol. The zero-order valence-corrected chi connectivity index (χ0v) is 16.3. The van der Waals surface area contributed by atoms with Gasteiger partial charge >= 0.3 is 12.0 Å². The van der Waals surface area contributed by atoms with Gasteiger partial charge in [0.1, 0.15) is 5.25 Å². The van der Waals surface area contributed by atoms with Gasteiger partial charge in [0.2, 0.25) is 0 Å². The van der Waals surface area contributed by atoms with Crippen molar-refractivity contribution in [2.24, 2.45) is 0 Å². The Morgan fingerprint density at radius 1 is 1.19 bits per heavy atom. The first kappa shape index (κ1) is 21.0. The predicted octanol–water partition coefficient (Wildman–Crippen LogP) is 3.43. The molecule has 1 atom stereocenters. The molecule has 0 aromatic heterocycles. The smallest absolute Gasteiger partial charge is 0.321 e. The van der Waals surface area contributed by atoms with Crippen LogP contribution in [0.4, 0.5) is 4.79 Å². The Morgan fingerprint density at radius 2 is 1.96 bits per heavy atom. The lowest BCUT2D eigenvalue weighted by atomic mass is 9.97. The van der Waals surface area contributed by atoms with Gasteiger partial charge in [-0.1, -0.05) is 29.8 Å². The van der Waals surface area contributed by atoms with Crippen LogP contribution in [0.1, 0.15) is 39.0 Å². The van der Waals surface area contributed by atoms with E-state index in [2.05, 4.69) is 16.7 Å². The summed E-state index contributed by atoms with van der Waals surface area (Å²) in [7, 11) is 0.